The van der Waals surface area contributed by atoms with Crippen LogP contribution >= 0.6 is 15.9 Å². The monoisotopic (exact) mass is 357 g/mol. The van der Waals surface area contributed by atoms with Crippen molar-refractivity contribution in [2.24, 2.45) is 0 Å². The predicted molar refractivity (Wildman–Crippen MR) is 74.0 cm³/mol. The first-order chi connectivity index (χ1) is 8.51. The predicted octanol–water partition coefficient (Wildman–Crippen LogP) is 4.10. The Kier molecular flexibility index (Phi) is 5.34. The molecule has 0 aromatic heterocycles. The highest BCUT2D eigenvalue weighted by molar-refractivity contribution is 9.10. The van der Waals surface area contributed by atoms with Gasteiger partial charge >= 0.3 is 6.18 Å². The fraction of sp³-hybridized carbons (Fsp3) is 0.500. The summed E-state index contributed by atoms with van der Waals surface area (Å²) in [6.45, 7) is 4.85. The quantitative estimate of drug-likeness (QED) is 0.826. The zero-order valence-corrected chi connectivity index (χ0v) is 13.1. The van der Waals surface area contributed by atoms with Crippen molar-refractivity contribution in [2.45, 2.75) is 37.7 Å². The second-order valence-electron chi connectivity index (χ2n) is 5.03. The molecule has 7 heteroatoms. The van der Waals surface area contributed by atoms with Gasteiger partial charge in [0.05, 0.1) is 0 Å². The van der Waals surface area contributed by atoms with Crippen LogP contribution in [0.15, 0.2) is 28.7 Å². The first kappa shape index (κ1) is 16.8. The molecule has 2 nitrogen and oxygen atoms in total. The Balaban J connectivity index is 3.00. The minimum absolute atomic E-state index is 0.0355. The first-order valence-corrected chi connectivity index (χ1v) is 7.46. The molecule has 0 aliphatic rings. The fourth-order valence-electron chi connectivity index (χ4n) is 1.26. The van der Waals surface area contributed by atoms with Gasteiger partial charge in [-0.05, 0) is 38.5 Å². The van der Waals surface area contributed by atoms with Crippen molar-refractivity contribution in [3.05, 3.63) is 34.3 Å². The SMILES string of the molecule is CC(C)(C)[S@+]([O-])NC(c1ccc(Br)cc1)C(F)(F)F. The van der Waals surface area contributed by atoms with Crippen molar-refractivity contribution in [1.29, 1.82) is 0 Å². The molecule has 0 fully saturated rings. The molecule has 1 unspecified atom stereocenters. The number of rotatable bonds is 3. The summed E-state index contributed by atoms with van der Waals surface area (Å²) in [7, 11) is 0. The van der Waals surface area contributed by atoms with E-state index in [0.717, 1.165) is 0 Å². The van der Waals surface area contributed by atoms with Gasteiger partial charge in [0, 0.05) is 15.8 Å². The van der Waals surface area contributed by atoms with E-state index in [0.29, 0.717) is 4.47 Å². The molecule has 0 bridgehead atoms. The molecule has 2 atom stereocenters. The van der Waals surface area contributed by atoms with Gasteiger partial charge in [0.2, 0.25) is 0 Å². The van der Waals surface area contributed by atoms with Crippen molar-refractivity contribution >= 4 is 27.3 Å². The molecule has 0 aliphatic heterocycles. The lowest BCUT2D eigenvalue weighted by Crippen LogP contribution is -2.45. The Bertz CT molecular complexity index is 416. The second kappa shape index (κ2) is 6.03. The van der Waals surface area contributed by atoms with E-state index in [-0.39, 0.29) is 5.56 Å². The maximum absolute atomic E-state index is 13.0. The summed E-state index contributed by atoms with van der Waals surface area (Å²) in [6, 6.07) is 3.82. The topological polar surface area (TPSA) is 35.1 Å². The smallest absolute Gasteiger partial charge is 0.412 e. The Morgan fingerprint density at radius 2 is 1.63 bits per heavy atom. The van der Waals surface area contributed by atoms with Crippen LogP contribution in [0.5, 0.6) is 0 Å². The van der Waals surface area contributed by atoms with Crippen LogP contribution in [0, 0.1) is 0 Å². The zero-order chi connectivity index (χ0) is 14.8. The summed E-state index contributed by atoms with van der Waals surface area (Å²) in [5, 5.41) is 0. The molecule has 1 rings (SSSR count). The Hall–Kier alpha value is -0.240. The summed E-state index contributed by atoms with van der Waals surface area (Å²) in [4.78, 5) is 0. The number of hydrogen-bond acceptors (Lipinski definition) is 2. The van der Waals surface area contributed by atoms with Gasteiger partial charge in [-0.2, -0.15) is 13.2 Å². The van der Waals surface area contributed by atoms with Crippen LogP contribution in [0.2, 0.25) is 0 Å². The van der Waals surface area contributed by atoms with Gasteiger partial charge < -0.3 is 4.55 Å². The van der Waals surface area contributed by atoms with Gasteiger partial charge in [-0.15, -0.1) is 4.72 Å². The van der Waals surface area contributed by atoms with Crippen molar-refractivity contribution in [3.8, 4) is 0 Å². The van der Waals surface area contributed by atoms with E-state index < -0.39 is 28.3 Å². The third-order valence-corrected chi connectivity index (χ3v) is 4.40. The minimum atomic E-state index is -4.51. The summed E-state index contributed by atoms with van der Waals surface area (Å²) in [6.07, 6.45) is -4.51. The third kappa shape index (κ3) is 4.98. The maximum Gasteiger partial charge on any atom is 0.412 e. The molecule has 108 valence electrons. The van der Waals surface area contributed by atoms with Crippen molar-refractivity contribution in [2.75, 3.05) is 0 Å². The third-order valence-electron chi connectivity index (χ3n) is 2.31. The van der Waals surface area contributed by atoms with Crippen molar-refractivity contribution in [3.63, 3.8) is 0 Å². The first-order valence-electron chi connectivity index (χ1n) is 5.52. The number of alkyl halides is 3. The highest BCUT2D eigenvalue weighted by Crippen LogP contribution is 2.34. The average molecular weight is 358 g/mol. The molecule has 0 saturated heterocycles. The van der Waals surface area contributed by atoms with Crippen LogP contribution in [0.4, 0.5) is 13.2 Å². The number of benzene rings is 1. The molecule has 1 N–H and O–H groups in total. The maximum atomic E-state index is 13.0. The molecule has 0 aliphatic carbocycles. The van der Waals surface area contributed by atoms with E-state index in [2.05, 4.69) is 20.7 Å². The molecule has 0 radical (unpaired) electrons. The van der Waals surface area contributed by atoms with Gasteiger partial charge in [-0.25, -0.2) is 0 Å². The minimum Gasteiger partial charge on any atom is -0.598 e. The molecule has 0 saturated carbocycles. The summed E-state index contributed by atoms with van der Waals surface area (Å²) in [5.41, 5.74) is 0.0355. The number of nitrogens with one attached hydrogen (secondary N) is 1. The van der Waals surface area contributed by atoms with Crippen LogP contribution in [0.3, 0.4) is 0 Å². The summed E-state index contributed by atoms with van der Waals surface area (Å²) < 4.78 is 53.1. The molecule has 0 amide bonds. The molecule has 1 aromatic carbocycles. The fourth-order valence-corrected chi connectivity index (χ4v) is 2.36. The van der Waals surface area contributed by atoms with Crippen LogP contribution in [0.1, 0.15) is 32.4 Å². The molecule has 0 heterocycles. The van der Waals surface area contributed by atoms with Gasteiger partial charge in [-0.3, -0.25) is 0 Å². The standard InChI is InChI=1S/C12H15BrF3NOS/c1-11(2,3)19(18)17-10(12(14,15)16)8-4-6-9(13)7-5-8/h4-7,10,17H,1-3H3/t10?,19-/m0/s1. The Morgan fingerprint density at radius 3 is 2.00 bits per heavy atom. The Labute approximate surface area is 122 Å². The van der Waals surface area contributed by atoms with E-state index in [1.165, 1.54) is 24.3 Å². The van der Waals surface area contributed by atoms with Crippen molar-refractivity contribution < 1.29 is 17.7 Å². The van der Waals surface area contributed by atoms with Gasteiger partial charge in [0.1, 0.15) is 4.75 Å². The molecule has 1 aromatic rings. The van der Waals surface area contributed by atoms with Gasteiger partial charge in [0.15, 0.2) is 6.04 Å². The van der Waals surface area contributed by atoms with Gasteiger partial charge in [0.25, 0.3) is 0 Å². The number of hydrogen-bond donors (Lipinski definition) is 1. The van der Waals surface area contributed by atoms with Crippen LogP contribution < -0.4 is 4.72 Å². The lowest BCUT2D eigenvalue weighted by Gasteiger charge is -2.29. The summed E-state index contributed by atoms with van der Waals surface area (Å²) in [5.74, 6) is 0. The van der Waals surface area contributed by atoms with E-state index in [9.17, 15) is 17.7 Å². The van der Waals surface area contributed by atoms with E-state index in [1.54, 1.807) is 20.8 Å². The largest absolute Gasteiger partial charge is 0.598 e. The summed E-state index contributed by atoms with van der Waals surface area (Å²) >= 11 is 1.36. The normalized spacial score (nSPS) is 16.2. The highest BCUT2D eigenvalue weighted by Gasteiger charge is 2.45. The zero-order valence-electron chi connectivity index (χ0n) is 10.7. The lowest BCUT2D eigenvalue weighted by atomic mass is 10.1. The van der Waals surface area contributed by atoms with Crippen LogP contribution in [-0.2, 0) is 11.4 Å². The molecule has 19 heavy (non-hydrogen) atoms. The molecule has 0 spiro atoms. The van der Waals surface area contributed by atoms with E-state index in [1.807, 2.05) is 0 Å². The number of halogens is 4. The Morgan fingerprint density at radius 1 is 1.16 bits per heavy atom. The molecular formula is C12H15BrF3NOS. The van der Waals surface area contributed by atoms with Crippen LogP contribution in [0.25, 0.3) is 0 Å². The second-order valence-corrected chi connectivity index (χ2v) is 7.94. The lowest BCUT2D eigenvalue weighted by molar-refractivity contribution is -0.153. The highest BCUT2D eigenvalue weighted by atomic mass is 79.9. The average Bonchev–Trinajstić information content (AvgIpc) is 2.24. The molecular weight excluding hydrogens is 343 g/mol. The van der Waals surface area contributed by atoms with E-state index >= 15 is 0 Å². The van der Waals surface area contributed by atoms with Crippen LogP contribution in [-0.4, -0.2) is 15.5 Å². The van der Waals surface area contributed by atoms with E-state index in [4.69, 9.17) is 0 Å². The van der Waals surface area contributed by atoms with Gasteiger partial charge in [-0.1, -0.05) is 28.1 Å². The van der Waals surface area contributed by atoms with Crippen molar-refractivity contribution in [1.82, 2.24) is 4.72 Å².